The summed E-state index contributed by atoms with van der Waals surface area (Å²) in [4.78, 5) is 11.6. The van der Waals surface area contributed by atoms with Crippen LogP contribution in [0.15, 0.2) is 24.3 Å². The SMILES string of the molecule is CC(C)(C)Oc1ccc(CC(=O)NCCCO)cc1. The maximum absolute atomic E-state index is 11.6. The predicted molar refractivity (Wildman–Crippen MR) is 75.2 cm³/mol. The molecule has 2 N–H and O–H groups in total. The summed E-state index contributed by atoms with van der Waals surface area (Å²) >= 11 is 0. The van der Waals surface area contributed by atoms with Gasteiger partial charge in [-0.05, 0) is 44.9 Å². The van der Waals surface area contributed by atoms with E-state index >= 15 is 0 Å². The Morgan fingerprint density at radius 3 is 2.42 bits per heavy atom. The molecule has 1 aromatic rings. The van der Waals surface area contributed by atoms with E-state index in [9.17, 15) is 4.79 Å². The molecule has 0 spiro atoms. The average Bonchev–Trinajstić information content (AvgIpc) is 2.30. The van der Waals surface area contributed by atoms with E-state index in [1.165, 1.54) is 0 Å². The zero-order valence-electron chi connectivity index (χ0n) is 11.9. The van der Waals surface area contributed by atoms with Crippen LogP contribution < -0.4 is 10.1 Å². The molecule has 0 bridgehead atoms. The van der Waals surface area contributed by atoms with Gasteiger partial charge in [0.1, 0.15) is 11.4 Å². The lowest BCUT2D eigenvalue weighted by Gasteiger charge is -2.21. The summed E-state index contributed by atoms with van der Waals surface area (Å²) in [5.74, 6) is 0.773. The third-order valence-electron chi connectivity index (χ3n) is 2.37. The predicted octanol–water partition coefficient (Wildman–Crippen LogP) is 1.91. The zero-order chi connectivity index (χ0) is 14.3. The van der Waals surface area contributed by atoms with E-state index in [0.29, 0.717) is 19.4 Å². The highest BCUT2D eigenvalue weighted by molar-refractivity contribution is 5.78. The molecule has 4 heteroatoms. The second-order valence-corrected chi connectivity index (χ2v) is 5.46. The Kier molecular flexibility index (Phi) is 5.83. The number of aliphatic hydroxyl groups excluding tert-OH is 1. The monoisotopic (exact) mass is 265 g/mol. The minimum atomic E-state index is -0.219. The van der Waals surface area contributed by atoms with Crippen molar-refractivity contribution in [1.82, 2.24) is 5.32 Å². The first-order valence-electron chi connectivity index (χ1n) is 6.56. The fourth-order valence-electron chi connectivity index (χ4n) is 1.58. The van der Waals surface area contributed by atoms with Gasteiger partial charge >= 0.3 is 0 Å². The maximum atomic E-state index is 11.6. The molecule has 0 saturated heterocycles. The van der Waals surface area contributed by atoms with Crippen molar-refractivity contribution >= 4 is 5.91 Å². The summed E-state index contributed by atoms with van der Waals surface area (Å²) in [6.07, 6.45) is 0.936. The summed E-state index contributed by atoms with van der Waals surface area (Å²) in [6.45, 7) is 6.60. The van der Waals surface area contributed by atoms with Gasteiger partial charge in [0.25, 0.3) is 0 Å². The molecule has 19 heavy (non-hydrogen) atoms. The molecule has 0 unspecified atom stereocenters. The Labute approximate surface area is 114 Å². The minimum absolute atomic E-state index is 0.0297. The summed E-state index contributed by atoms with van der Waals surface area (Å²) in [6, 6.07) is 7.54. The van der Waals surface area contributed by atoms with Crippen molar-refractivity contribution in [3.05, 3.63) is 29.8 Å². The molecule has 0 aliphatic heterocycles. The van der Waals surface area contributed by atoms with Crippen LogP contribution in [0.2, 0.25) is 0 Å². The lowest BCUT2D eigenvalue weighted by Crippen LogP contribution is -2.26. The number of ether oxygens (including phenoxy) is 1. The lowest BCUT2D eigenvalue weighted by molar-refractivity contribution is -0.120. The van der Waals surface area contributed by atoms with Crippen molar-refractivity contribution in [2.75, 3.05) is 13.2 Å². The van der Waals surface area contributed by atoms with Crippen LogP contribution in [0.3, 0.4) is 0 Å². The first kappa shape index (κ1) is 15.5. The van der Waals surface area contributed by atoms with Crippen molar-refractivity contribution in [3.63, 3.8) is 0 Å². The van der Waals surface area contributed by atoms with Crippen molar-refractivity contribution in [2.24, 2.45) is 0 Å². The smallest absolute Gasteiger partial charge is 0.224 e. The van der Waals surface area contributed by atoms with Crippen molar-refractivity contribution in [1.29, 1.82) is 0 Å². The van der Waals surface area contributed by atoms with Crippen LogP contribution in [0.4, 0.5) is 0 Å². The summed E-state index contributed by atoms with van der Waals surface area (Å²) in [5, 5.41) is 11.4. The molecule has 0 atom stereocenters. The molecule has 0 saturated carbocycles. The van der Waals surface area contributed by atoms with Gasteiger partial charge < -0.3 is 15.2 Å². The number of nitrogens with one attached hydrogen (secondary N) is 1. The number of carbonyl (C=O) groups is 1. The van der Waals surface area contributed by atoms with Crippen LogP contribution in [-0.4, -0.2) is 29.8 Å². The first-order valence-corrected chi connectivity index (χ1v) is 6.56. The quantitative estimate of drug-likeness (QED) is 0.772. The van der Waals surface area contributed by atoms with Crippen LogP contribution >= 0.6 is 0 Å². The highest BCUT2D eigenvalue weighted by atomic mass is 16.5. The Morgan fingerprint density at radius 1 is 1.26 bits per heavy atom. The molecular weight excluding hydrogens is 242 g/mol. The van der Waals surface area contributed by atoms with E-state index in [2.05, 4.69) is 5.32 Å². The maximum Gasteiger partial charge on any atom is 0.224 e. The van der Waals surface area contributed by atoms with E-state index < -0.39 is 0 Å². The largest absolute Gasteiger partial charge is 0.488 e. The standard InChI is InChI=1S/C15H23NO3/c1-15(2,3)19-13-7-5-12(6-8-13)11-14(18)16-9-4-10-17/h5-8,17H,4,9-11H2,1-3H3,(H,16,18). The number of amides is 1. The topological polar surface area (TPSA) is 58.6 Å². The van der Waals surface area contributed by atoms with Crippen LogP contribution in [0, 0.1) is 0 Å². The van der Waals surface area contributed by atoms with Gasteiger partial charge in [-0.2, -0.15) is 0 Å². The minimum Gasteiger partial charge on any atom is -0.488 e. The molecule has 0 radical (unpaired) electrons. The van der Waals surface area contributed by atoms with Crippen LogP contribution in [0.25, 0.3) is 0 Å². The molecule has 0 aliphatic carbocycles. The summed E-state index contributed by atoms with van der Waals surface area (Å²) in [5.41, 5.74) is 0.728. The van der Waals surface area contributed by atoms with Crippen LogP contribution in [0.1, 0.15) is 32.8 Å². The van der Waals surface area contributed by atoms with E-state index in [-0.39, 0.29) is 18.1 Å². The average molecular weight is 265 g/mol. The Balaban J connectivity index is 2.46. The number of carbonyl (C=O) groups excluding carboxylic acids is 1. The molecule has 1 rings (SSSR count). The number of hydrogen-bond acceptors (Lipinski definition) is 3. The molecule has 0 aliphatic rings. The van der Waals surface area contributed by atoms with Gasteiger partial charge in [-0.15, -0.1) is 0 Å². The number of hydrogen-bond donors (Lipinski definition) is 2. The zero-order valence-corrected chi connectivity index (χ0v) is 11.9. The molecule has 0 aromatic heterocycles. The second kappa shape index (κ2) is 7.14. The molecule has 4 nitrogen and oxygen atoms in total. The molecule has 1 aromatic carbocycles. The van der Waals surface area contributed by atoms with Crippen molar-refractivity contribution < 1.29 is 14.6 Å². The highest BCUT2D eigenvalue weighted by Gasteiger charge is 2.11. The van der Waals surface area contributed by atoms with Crippen LogP contribution in [-0.2, 0) is 11.2 Å². The lowest BCUT2D eigenvalue weighted by atomic mass is 10.1. The normalized spacial score (nSPS) is 11.2. The van der Waals surface area contributed by atoms with E-state index in [0.717, 1.165) is 11.3 Å². The van der Waals surface area contributed by atoms with Gasteiger partial charge in [0.15, 0.2) is 0 Å². The fraction of sp³-hybridized carbons (Fsp3) is 0.533. The molecule has 1 amide bonds. The van der Waals surface area contributed by atoms with Gasteiger partial charge in [0.05, 0.1) is 6.42 Å². The first-order chi connectivity index (χ1) is 8.90. The Bertz CT molecular complexity index is 393. The second-order valence-electron chi connectivity index (χ2n) is 5.46. The number of aliphatic hydroxyl groups is 1. The number of benzene rings is 1. The molecule has 0 heterocycles. The third-order valence-corrected chi connectivity index (χ3v) is 2.37. The molecular formula is C15H23NO3. The van der Waals surface area contributed by atoms with Gasteiger partial charge in [0, 0.05) is 13.2 Å². The van der Waals surface area contributed by atoms with Gasteiger partial charge in [-0.1, -0.05) is 12.1 Å². The van der Waals surface area contributed by atoms with E-state index in [1.807, 2.05) is 45.0 Å². The van der Waals surface area contributed by atoms with Gasteiger partial charge in [-0.3, -0.25) is 4.79 Å². The van der Waals surface area contributed by atoms with Gasteiger partial charge in [0.2, 0.25) is 5.91 Å². The Hall–Kier alpha value is -1.55. The third kappa shape index (κ3) is 6.82. The van der Waals surface area contributed by atoms with Crippen LogP contribution in [0.5, 0.6) is 5.75 Å². The fourth-order valence-corrected chi connectivity index (χ4v) is 1.58. The molecule has 0 fully saturated rings. The van der Waals surface area contributed by atoms with E-state index in [4.69, 9.17) is 9.84 Å². The number of rotatable bonds is 6. The van der Waals surface area contributed by atoms with Gasteiger partial charge in [-0.25, -0.2) is 0 Å². The van der Waals surface area contributed by atoms with Crippen molar-refractivity contribution in [2.45, 2.75) is 39.2 Å². The molecule has 106 valence electrons. The Morgan fingerprint density at radius 2 is 1.89 bits per heavy atom. The van der Waals surface area contributed by atoms with E-state index in [1.54, 1.807) is 0 Å². The van der Waals surface area contributed by atoms with Crippen molar-refractivity contribution in [3.8, 4) is 5.75 Å². The summed E-state index contributed by atoms with van der Waals surface area (Å²) in [7, 11) is 0. The summed E-state index contributed by atoms with van der Waals surface area (Å²) < 4.78 is 5.71. The highest BCUT2D eigenvalue weighted by Crippen LogP contribution is 2.18.